The van der Waals surface area contributed by atoms with Crippen molar-refractivity contribution in [1.29, 1.82) is 0 Å². The first kappa shape index (κ1) is 15.2. The maximum atomic E-state index is 12.1. The number of rotatable bonds is 4. The Morgan fingerprint density at radius 3 is 2.76 bits per heavy atom. The Morgan fingerprint density at radius 2 is 2.14 bits per heavy atom. The molecule has 0 saturated heterocycles. The smallest absolute Gasteiger partial charge is 0.237 e. The predicted octanol–water partition coefficient (Wildman–Crippen LogP) is 1.26. The lowest BCUT2D eigenvalue weighted by Crippen LogP contribution is -2.48. The van der Waals surface area contributed by atoms with Gasteiger partial charge in [0.1, 0.15) is 0 Å². The Morgan fingerprint density at radius 1 is 1.38 bits per heavy atom. The fraction of sp³-hybridized carbons (Fsp3) is 0.400. The van der Waals surface area contributed by atoms with Gasteiger partial charge in [0.05, 0.1) is 6.04 Å². The van der Waals surface area contributed by atoms with Crippen LogP contribution in [0.4, 0.5) is 0 Å². The van der Waals surface area contributed by atoms with Crippen LogP contribution in [0, 0.1) is 5.41 Å². The molecule has 2 rings (SSSR count). The molecule has 112 valence electrons. The Balaban J connectivity index is 2.10. The Labute approximate surface area is 124 Å². The third kappa shape index (κ3) is 3.66. The van der Waals surface area contributed by atoms with Crippen LogP contribution in [-0.4, -0.2) is 26.7 Å². The zero-order chi connectivity index (χ0) is 15.5. The van der Waals surface area contributed by atoms with Gasteiger partial charge in [-0.2, -0.15) is 5.10 Å². The molecule has 0 aliphatic carbocycles. The van der Waals surface area contributed by atoms with Gasteiger partial charge >= 0.3 is 0 Å². The van der Waals surface area contributed by atoms with Gasteiger partial charge in [-0.1, -0.05) is 26.8 Å². The molecule has 6 nitrogen and oxygen atoms in total. The van der Waals surface area contributed by atoms with E-state index in [0.717, 1.165) is 5.56 Å². The number of pyridine rings is 1. The van der Waals surface area contributed by atoms with Crippen LogP contribution in [0.1, 0.15) is 26.3 Å². The lowest BCUT2D eigenvalue weighted by Gasteiger charge is -2.25. The maximum absolute atomic E-state index is 12.1. The van der Waals surface area contributed by atoms with Gasteiger partial charge in [-0.15, -0.1) is 0 Å². The summed E-state index contributed by atoms with van der Waals surface area (Å²) in [5.41, 5.74) is 6.56. The van der Waals surface area contributed by atoms with Gasteiger partial charge in [0.25, 0.3) is 0 Å². The highest BCUT2D eigenvalue weighted by Crippen LogP contribution is 2.17. The van der Waals surface area contributed by atoms with Crippen LogP contribution < -0.4 is 11.1 Å². The van der Waals surface area contributed by atoms with E-state index in [1.165, 1.54) is 0 Å². The van der Waals surface area contributed by atoms with Gasteiger partial charge in [-0.05, 0) is 17.5 Å². The van der Waals surface area contributed by atoms with Crippen molar-refractivity contribution < 1.29 is 4.79 Å². The molecule has 6 heteroatoms. The number of nitrogens with one attached hydrogen (secondary N) is 1. The third-order valence-corrected chi connectivity index (χ3v) is 3.26. The van der Waals surface area contributed by atoms with Gasteiger partial charge < -0.3 is 11.1 Å². The van der Waals surface area contributed by atoms with E-state index in [-0.39, 0.29) is 11.3 Å². The van der Waals surface area contributed by atoms with Crippen molar-refractivity contribution in [3.8, 4) is 5.82 Å². The Kier molecular flexibility index (Phi) is 4.37. The molecule has 0 fully saturated rings. The van der Waals surface area contributed by atoms with Crippen LogP contribution in [0.5, 0.6) is 0 Å². The number of nitrogens with two attached hydrogens (primary N) is 1. The Bertz CT molecular complexity index is 601. The average Bonchev–Trinajstić information content (AvgIpc) is 2.97. The van der Waals surface area contributed by atoms with E-state index in [0.29, 0.717) is 12.4 Å². The van der Waals surface area contributed by atoms with Crippen molar-refractivity contribution in [2.45, 2.75) is 33.4 Å². The minimum Gasteiger partial charge on any atom is -0.351 e. The molecule has 2 aromatic rings. The highest BCUT2D eigenvalue weighted by atomic mass is 16.2. The lowest BCUT2D eigenvalue weighted by atomic mass is 9.87. The van der Waals surface area contributed by atoms with Crippen molar-refractivity contribution in [2.75, 3.05) is 0 Å². The van der Waals surface area contributed by atoms with Crippen molar-refractivity contribution >= 4 is 5.91 Å². The van der Waals surface area contributed by atoms with E-state index in [2.05, 4.69) is 15.4 Å². The number of hydrogen-bond donors (Lipinski definition) is 2. The number of carbonyl (C=O) groups excluding carboxylic acids is 1. The molecule has 0 saturated carbocycles. The fourth-order valence-corrected chi connectivity index (χ4v) is 1.85. The summed E-state index contributed by atoms with van der Waals surface area (Å²) in [6, 6.07) is 5.01. The summed E-state index contributed by atoms with van der Waals surface area (Å²) >= 11 is 0. The van der Waals surface area contributed by atoms with E-state index in [1.807, 2.05) is 45.2 Å². The van der Waals surface area contributed by atoms with Gasteiger partial charge in [0.15, 0.2) is 5.82 Å². The minimum absolute atomic E-state index is 0.169. The molecular weight excluding hydrogens is 266 g/mol. The van der Waals surface area contributed by atoms with Gasteiger partial charge in [-0.3, -0.25) is 4.79 Å². The first-order valence-electron chi connectivity index (χ1n) is 6.87. The summed E-state index contributed by atoms with van der Waals surface area (Å²) < 4.78 is 1.67. The number of amides is 1. The monoisotopic (exact) mass is 287 g/mol. The first-order chi connectivity index (χ1) is 9.89. The predicted molar refractivity (Wildman–Crippen MR) is 80.6 cm³/mol. The summed E-state index contributed by atoms with van der Waals surface area (Å²) in [7, 11) is 0. The summed E-state index contributed by atoms with van der Waals surface area (Å²) in [5.74, 6) is 0.532. The van der Waals surface area contributed by atoms with E-state index in [4.69, 9.17) is 5.73 Å². The fourth-order valence-electron chi connectivity index (χ4n) is 1.85. The second-order valence-electron chi connectivity index (χ2n) is 6.00. The maximum Gasteiger partial charge on any atom is 0.237 e. The Hall–Kier alpha value is -2.21. The first-order valence-corrected chi connectivity index (χ1v) is 6.87. The molecule has 1 atom stereocenters. The third-order valence-electron chi connectivity index (χ3n) is 3.26. The standard InChI is InChI=1S/C15H21N5O/c1-15(2,3)12(16)14(21)18-10-11-6-4-7-17-13(11)20-9-5-8-19-20/h4-9,12H,10,16H2,1-3H3,(H,18,21)/t12-/m1/s1. The van der Waals surface area contributed by atoms with Crippen LogP contribution >= 0.6 is 0 Å². The van der Waals surface area contributed by atoms with Crippen molar-refractivity contribution in [1.82, 2.24) is 20.1 Å². The molecule has 0 spiro atoms. The van der Waals surface area contributed by atoms with Crippen LogP contribution in [0.15, 0.2) is 36.8 Å². The molecule has 0 unspecified atom stereocenters. The zero-order valence-corrected chi connectivity index (χ0v) is 12.6. The van der Waals surface area contributed by atoms with E-state index in [9.17, 15) is 4.79 Å². The number of hydrogen-bond acceptors (Lipinski definition) is 4. The molecule has 2 heterocycles. The highest BCUT2D eigenvalue weighted by molar-refractivity contribution is 5.82. The molecule has 0 aliphatic heterocycles. The number of nitrogens with zero attached hydrogens (tertiary/aromatic N) is 3. The second-order valence-corrected chi connectivity index (χ2v) is 6.00. The van der Waals surface area contributed by atoms with Crippen LogP contribution in [-0.2, 0) is 11.3 Å². The normalized spacial score (nSPS) is 13.0. The topological polar surface area (TPSA) is 85.8 Å². The molecule has 0 radical (unpaired) electrons. The molecule has 0 aliphatic rings. The molecule has 2 aromatic heterocycles. The summed E-state index contributed by atoms with van der Waals surface area (Å²) in [5, 5.41) is 7.03. The van der Waals surface area contributed by atoms with Crippen molar-refractivity contribution in [3.63, 3.8) is 0 Å². The lowest BCUT2D eigenvalue weighted by molar-refractivity contribution is -0.124. The van der Waals surface area contributed by atoms with Gasteiger partial charge in [0, 0.05) is 30.7 Å². The quantitative estimate of drug-likeness (QED) is 0.886. The second kappa shape index (κ2) is 6.05. The number of carbonyl (C=O) groups is 1. The van der Waals surface area contributed by atoms with E-state index < -0.39 is 6.04 Å². The molecule has 0 aromatic carbocycles. The largest absolute Gasteiger partial charge is 0.351 e. The molecule has 1 amide bonds. The van der Waals surface area contributed by atoms with Crippen LogP contribution in [0.3, 0.4) is 0 Å². The van der Waals surface area contributed by atoms with E-state index >= 15 is 0 Å². The molecular formula is C15H21N5O. The molecule has 21 heavy (non-hydrogen) atoms. The van der Waals surface area contributed by atoms with Gasteiger partial charge in [-0.25, -0.2) is 9.67 Å². The van der Waals surface area contributed by atoms with Gasteiger partial charge in [0.2, 0.25) is 5.91 Å². The summed E-state index contributed by atoms with van der Waals surface area (Å²) in [4.78, 5) is 16.4. The van der Waals surface area contributed by atoms with Crippen LogP contribution in [0.25, 0.3) is 5.82 Å². The highest BCUT2D eigenvalue weighted by Gasteiger charge is 2.27. The zero-order valence-electron chi connectivity index (χ0n) is 12.6. The molecule has 0 bridgehead atoms. The summed E-state index contributed by atoms with van der Waals surface area (Å²) in [6.07, 6.45) is 5.20. The van der Waals surface area contributed by atoms with Crippen molar-refractivity contribution in [2.24, 2.45) is 11.1 Å². The van der Waals surface area contributed by atoms with Crippen molar-refractivity contribution in [3.05, 3.63) is 42.4 Å². The summed E-state index contributed by atoms with van der Waals surface area (Å²) in [6.45, 7) is 6.19. The van der Waals surface area contributed by atoms with E-state index in [1.54, 1.807) is 17.1 Å². The molecule has 3 N–H and O–H groups in total. The number of aromatic nitrogens is 3. The average molecular weight is 287 g/mol. The van der Waals surface area contributed by atoms with Crippen LogP contribution in [0.2, 0.25) is 0 Å². The SMILES string of the molecule is CC(C)(C)[C@H](N)C(=O)NCc1cccnc1-n1cccn1. The minimum atomic E-state index is -0.553.